The van der Waals surface area contributed by atoms with Crippen LogP contribution in [0, 0.1) is 24.1 Å². The predicted molar refractivity (Wildman–Crippen MR) is 74.7 cm³/mol. The summed E-state index contributed by atoms with van der Waals surface area (Å²) in [4.78, 5) is 12.1. The van der Waals surface area contributed by atoms with Crippen molar-refractivity contribution >= 4 is 17.3 Å². The highest BCUT2D eigenvalue weighted by Crippen LogP contribution is 2.20. The standard InChI is InChI=1S/C15H12FN3O/c1-9-5-6-13(18)10(7-9)15(20)19-14-4-2-3-12(16)11(14)8-17/h2-7H,18H2,1H3,(H,19,20). The fraction of sp³-hybridized carbons (Fsp3) is 0.0667. The predicted octanol–water partition coefficient (Wildman–Crippen LogP) is 2.84. The van der Waals surface area contributed by atoms with E-state index < -0.39 is 11.7 Å². The SMILES string of the molecule is Cc1ccc(N)c(C(=O)Nc2cccc(F)c2C#N)c1. The molecule has 0 aliphatic heterocycles. The molecule has 0 heterocycles. The average Bonchev–Trinajstić information content (AvgIpc) is 2.41. The summed E-state index contributed by atoms with van der Waals surface area (Å²) in [5.41, 5.74) is 7.16. The zero-order valence-electron chi connectivity index (χ0n) is 10.8. The smallest absolute Gasteiger partial charge is 0.257 e. The Balaban J connectivity index is 2.36. The molecule has 0 aliphatic carbocycles. The van der Waals surface area contributed by atoms with Crippen LogP contribution in [0.2, 0.25) is 0 Å². The van der Waals surface area contributed by atoms with Crippen molar-refractivity contribution in [2.24, 2.45) is 0 Å². The third-order valence-corrected chi connectivity index (χ3v) is 2.83. The van der Waals surface area contributed by atoms with Gasteiger partial charge in [-0.1, -0.05) is 17.7 Å². The van der Waals surface area contributed by atoms with Crippen LogP contribution in [0.4, 0.5) is 15.8 Å². The number of nitrogen functional groups attached to an aromatic ring is 1. The number of nitrogens with two attached hydrogens (primary N) is 1. The largest absolute Gasteiger partial charge is 0.398 e. The normalized spacial score (nSPS) is 9.85. The molecule has 3 N–H and O–H groups in total. The van der Waals surface area contributed by atoms with Crippen molar-refractivity contribution in [1.29, 1.82) is 5.26 Å². The Morgan fingerprint density at radius 3 is 2.80 bits per heavy atom. The van der Waals surface area contributed by atoms with Crippen molar-refractivity contribution in [2.75, 3.05) is 11.1 Å². The molecule has 100 valence electrons. The molecule has 2 rings (SSSR count). The maximum Gasteiger partial charge on any atom is 0.257 e. The first-order chi connectivity index (χ1) is 9.52. The molecule has 0 atom stereocenters. The second-order valence-corrected chi connectivity index (χ2v) is 4.32. The van der Waals surface area contributed by atoms with E-state index in [-0.39, 0.29) is 16.8 Å². The molecule has 5 heteroatoms. The maximum atomic E-state index is 13.4. The number of hydrogen-bond donors (Lipinski definition) is 2. The molecule has 4 nitrogen and oxygen atoms in total. The minimum Gasteiger partial charge on any atom is -0.398 e. The van der Waals surface area contributed by atoms with Gasteiger partial charge in [0, 0.05) is 5.69 Å². The molecule has 0 bridgehead atoms. The summed E-state index contributed by atoms with van der Waals surface area (Å²) in [6.07, 6.45) is 0. The maximum absolute atomic E-state index is 13.4. The van der Waals surface area contributed by atoms with Crippen LogP contribution in [0.3, 0.4) is 0 Å². The summed E-state index contributed by atoms with van der Waals surface area (Å²) < 4.78 is 13.4. The Labute approximate surface area is 115 Å². The molecule has 0 spiro atoms. The van der Waals surface area contributed by atoms with Crippen LogP contribution >= 0.6 is 0 Å². The molecule has 2 aromatic rings. The number of hydrogen-bond acceptors (Lipinski definition) is 3. The van der Waals surface area contributed by atoms with Gasteiger partial charge in [0.15, 0.2) is 0 Å². The van der Waals surface area contributed by atoms with Crippen LogP contribution in [0.5, 0.6) is 0 Å². The molecule has 0 saturated carbocycles. The molecule has 0 fully saturated rings. The number of halogens is 1. The van der Waals surface area contributed by atoms with E-state index >= 15 is 0 Å². The number of nitriles is 1. The molecule has 2 aromatic carbocycles. The van der Waals surface area contributed by atoms with Gasteiger partial charge in [0.25, 0.3) is 5.91 Å². The first kappa shape index (κ1) is 13.6. The number of rotatable bonds is 2. The second-order valence-electron chi connectivity index (χ2n) is 4.32. The summed E-state index contributed by atoms with van der Waals surface area (Å²) in [5, 5.41) is 11.4. The number of benzene rings is 2. The lowest BCUT2D eigenvalue weighted by atomic mass is 10.1. The number of anilines is 2. The molecule has 0 unspecified atom stereocenters. The molecule has 0 radical (unpaired) electrons. The lowest BCUT2D eigenvalue weighted by molar-refractivity contribution is 0.102. The summed E-state index contributed by atoms with van der Waals surface area (Å²) in [5.74, 6) is -1.16. The monoisotopic (exact) mass is 269 g/mol. The number of aryl methyl sites for hydroxylation is 1. The Hall–Kier alpha value is -2.87. The average molecular weight is 269 g/mol. The minimum absolute atomic E-state index is 0.124. The molecule has 20 heavy (non-hydrogen) atoms. The van der Waals surface area contributed by atoms with Gasteiger partial charge < -0.3 is 11.1 Å². The number of amides is 1. The summed E-state index contributed by atoms with van der Waals surface area (Å²) in [6, 6.07) is 10.8. The molecule has 1 amide bonds. The van der Waals surface area contributed by atoms with Crippen molar-refractivity contribution < 1.29 is 9.18 Å². The topological polar surface area (TPSA) is 78.9 Å². The van der Waals surface area contributed by atoms with E-state index in [4.69, 9.17) is 11.0 Å². The van der Waals surface area contributed by atoms with E-state index in [1.807, 2.05) is 6.92 Å². The fourth-order valence-electron chi connectivity index (χ4n) is 1.80. The third-order valence-electron chi connectivity index (χ3n) is 2.83. The number of carbonyl (C=O) groups is 1. The van der Waals surface area contributed by atoms with E-state index in [0.717, 1.165) is 11.6 Å². The Kier molecular flexibility index (Phi) is 3.67. The fourth-order valence-corrected chi connectivity index (χ4v) is 1.80. The molecule has 0 aromatic heterocycles. The van der Waals surface area contributed by atoms with Gasteiger partial charge in [0.1, 0.15) is 17.4 Å². The first-order valence-electron chi connectivity index (χ1n) is 5.89. The summed E-state index contributed by atoms with van der Waals surface area (Å²) in [6.45, 7) is 1.83. The van der Waals surface area contributed by atoms with Crippen LogP contribution in [-0.4, -0.2) is 5.91 Å². The zero-order valence-corrected chi connectivity index (χ0v) is 10.8. The van der Waals surface area contributed by atoms with E-state index in [1.54, 1.807) is 24.3 Å². The molecular weight excluding hydrogens is 257 g/mol. The van der Waals surface area contributed by atoms with Crippen molar-refractivity contribution in [3.05, 3.63) is 58.9 Å². The van der Waals surface area contributed by atoms with E-state index in [2.05, 4.69) is 5.32 Å². The highest BCUT2D eigenvalue weighted by molar-refractivity contribution is 6.08. The number of nitrogens with one attached hydrogen (secondary N) is 1. The molecule has 0 aliphatic rings. The lowest BCUT2D eigenvalue weighted by Gasteiger charge is -2.09. The van der Waals surface area contributed by atoms with Crippen LogP contribution in [0.25, 0.3) is 0 Å². The van der Waals surface area contributed by atoms with Crippen LogP contribution in [0.15, 0.2) is 36.4 Å². The van der Waals surface area contributed by atoms with Gasteiger partial charge >= 0.3 is 0 Å². The highest BCUT2D eigenvalue weighted by atomic mass is 19.1. The highest BCUT2D eigenvalue weighted by Gasteiger charge is 2.14. The van der Waals surface area contributed by atoms with Gasteiger partial charge in [-0.3, -0.25) is 4.79 Å². The quantitative estimate of drug-likeness (QED) is 0.823. The van der Waals surface area contributed by atoms with Crippen LogP contribution < -0.4 is 11.1 Å². The zero-order chi connectivity index (χ0) is 14.7. The van der Waals surface area contributed by atoms with Gasteiger partial charge in [-0.05, 0) is 31.2 Å². The van der Waals surface area contributed by atoms with Gasteiger partial charge in [-0.2, -0.15) is 5.26 Å². The van der Waals surface area contributed by atoms with Crippen molar-refractivity contribution in [2.45, 2.75) is 6.92 Å². The van der Waals surface area contributed by atoms with Crippen LogP contribution in [0.1, 0.15) is 21.5 Å². The van der Waals surface area contributed by atoms with Crippen LogP contribution in [-0.2, 0) is 0 Å². The van der Waals surface area contributed by atoms with E-state index in [9.17, 15) is 9.18 Å². The van der Waals surface area contributed by atoms with Crippen molar-refractivity contribution in [3.8, 4) is 6.07 Å². The van der Waals surface area contributed by atoms with Crippen molar-refractivity contribution in [3.63, 3.8) is 0 Å². The van der Waals surface area contributed by atoms with E-state index in [1.165, 1.54) is 12.1 Å². The van der Waals surface area contributed by atoms with Gasteiger partial charge in [0.2, 0.25) is 0 Å². The first-order valence-corrected chi connectivity index (χ1v) is 5.89. The van der Waals surface area contributed by atoms with Gasteiger partial charge in [0.05, 0.1) is 11.3 Å². The summed E-state index contributed by atoms with van der Waals surface area (Å²) in [7, 11) is 0. The second kappa shape index (κ2) is 5.41. The number of carbonyl (C=O) groups excluding carboxylic acids is 1. The molecular formula is C15H12FN3O. The summed E-state index contributed by atoms with van der Waals surface area (Å²) >= 11 is 0. The minimum atomic E-state index is -0.678. The van der Waals surface area contributed by atoms with Gasteiger partial charge in [-0.25, -0.2) is 4.39 Å². The Morgan fingerprint density at radius 1 is 1.35 bits per heavy atom. The third kappa shape index (κ3) is 2.59. The lowest BCUT2D eigenvalue weighted by Crippen LogP contribution is -2.15. The molecule has 0 saturated heterocycles. The van der Waals surface area contributed by atoms with E-state index in [0.29, 0.717) is 5.69 Å². The van der Waals surface area contributed by atoms with Gasteiger partial charge in [-0.15, -0.1) is 0 Å². The number of nitrogens with zero attached hydrogens (tertiary/aromatic N) is 1. The van der Waals surface area contributed by atoms with Crippen molar-refractivity contribution in [1.82, 2.24) is 0 Å². The Bertz CT molecular complexity index is 720. The Morgan fingerprint density at radius 2 is 2.10 bits per heavy atom.